The fourth-order valence-electron chi connectivity index (χ4n) is 5.03. The third-order valence-corrected chi connectivity index (χ3v) is 9.11. The van der Waals surface area contributed by atoms with Crippen LogP contribution in [0.5, 0.6) is 0 Å². The van der Waals surface area contributed by atoms with Crippen molar-refractivity contribution in [2.75, 3.05) is 0 Å². The van der Waals surface area contributed by atoms with E-state index >= 15 is 0 Å². The predicted octanol–water partition coefficient (Wildman–Crippen LogP) is 6.44. The van der Waals surface area contributed by atoms with Crippen LogP contribution in [0.15, 0.2) is 11.2 Å². The molecule has 0 N–H and O–H groups in total. The van der Waals surface area contributed by atoms with Gasteiger partial charge in [0.05, 0.1) is 5.41 Å². The van der Waals surface area contributed by atoms with E-state index in [1.54, 1.807) is 0 Å². The van der Waals surface area contributed by atoms with E-state index in [4.69, 9.17) is 12.2 Å². The Morgan fingerprint density at radius 3 is 1.29 bits per heavy atom. The van der Waals surface area contributed by atoms with Crippen LogP contribution in [0.25, 0.3) is 0 Å². The van der Waals surface area contributed by atoms with Crippen LogP contribution >= 0.6 is 24.0 Å². The Bertz CT molecular complexity index is 538. The molecule has 34 heavy (non-hydrogen) atoms. The van der Waals surface area contributed by atoms with Gasteiger partial charge in [-0.15, -0.1) is 6.26 Å². The molecular formula is C29H51NaO2S2. The van der Waals surface area contributed by atoms with Gasteiger partial charge in [-0.25, -0.2) is 0 Å². The van der Waals surface area contributed by atoms with Crippen molar-refractivity contribution in [1.29, 1.82) is 0 Å². The minimum absolute atomic E-state index is 0. The van der Waals surface area contributed by atoms with E-state index in [0.717, 1.165) is 43.7 Å². The van der Waals surface area contributed by atoms with Gasteiger partial charge in [-0.1, -0.05) is 166 Å². The minimum atomic E-state index is -0.545. The topological polar surface area (TPSA) is 40.1 Å². The fourth-order valence-corrected chi connectivity index (χ4v) is 6.61. The first kappa shape index (κ1) is 34.6. The normalized spacial score (nSPS) is 16.4. The second kappa shape index (κ2) is 22.8. The van der Waals surface area contributed by atoms with Gasteiger partial charge in [0.1, 0.15) is 0 Å². The van der Waals surface area contributed by atoms with Crippen molar-refractivity contribution in [2.45, 2.75) is 155 Å². The number of carbonyl (C=O) groups is 1. The molecule has 0 amide bonds. The number of rotatable bonds is 22. The molecule has 1 saturated heterocycles. The van der Waals surface area contributed by atoms with Gasteiger partial charge in [-0.3, -0.25) is 4.79 Å². The molecule has 5 heteroatoms. The third kappa shape index (κ3) is 13.8. The Balaban J connectivity index is 0.0000109. The summed E-state index contributed by atoms with van der Waals surface area (Å²) < 4.78 is 0. The van der Waals surface area contributed by atoms with Crippen LogP contribution in [0.1, 0.15) is 155 Å². The number of carbonyl (C=O) groups excluding carboxylic acids is 1. The van der Waals surface area contributed by atoms with Gasteiger partial charge >= 0.3 is 29.6 Å². The zero-order chi connectivity index (χ0) is 24.2. The molecule has 1 rings (SSSR count). The summed E-state index contributed by atoms with van der Waals surface area (Å²) in [6.07, 6.45) is 28.3. The van der Waals surface area contributed by atoms with Crippen molar-refractivity contribution in [3.8, 4) is 0 Å². The zero-order valence-corrected chi connectivity index (χ0v) is 26.4. The molecular weight excluding hydrogens is 467 g/mol. The Morgan fingerprint density at radius 2 is 1.00 bits per heavy atom. The molecule has 0 aromatic heterocycles. The average Bonchev–Trinajstić information content (AvgIpc) is 3.06. The van der Waals surface area contributed by atoms with E-state index in [9.17, 15) is 9.90 Å². The van der Waals surface area contributed by atoms with Crippen LogP contribution in [0.4, 0.5) is 0 Å². The Hall–Kier alpha value is 0.650. The van der Waals surface area contributed by atoms with Crippen LogP contribution in [0.3, 0.4) is 0 Å². The summed E-state index contributed by atoms with van der Waals surface area (Å²) in [4.78, 5) is 14.1. The number of thioether (sulfide) groups is 1. The summed E-state index contributed by atoms with van der Waals surface area (Å²) in [6, 6.07) is 0. The van der Waals surface area contributed by atoms with E-state index in [2.05, 4.69) is 13.8 Å². The molecule has 0 atom stereocenters. The van der Waals surface area contributed by atoms with Crippen LogP contribution in [0, 0.1) is 5.41 Å². The summed E-state index contributed by atoms with van der Waals surface area (Å²) in [5, 5.41) is 11.6. The zero-order valence-electron chi connectivity index (χ0n) is 22.8. The van der Waals surface area contributed by atoms with Gasteiger partial charge in [0.2, 0.25) is 5.12 Å². The van der Waals surface area contributed by atoms with Crippen LogP contribution < -0.4 is 34.7 Å². The van der Waals surface area contributed by atoms with Crippen molar-refractivity contribution in [1.82, 2.24) is 0 Å². The monoisotopic (exact) mass is 518 g/mol. The van der Waals surface area contributed by atoms with Gasteiger partial charge in [-0.05, 0) is 12.8 Å². The van der Waals surface area contributed by atoms with Crippen molar-refractivity contribution in [2.24, 2.45) is 5.41 Å². The van der Waals surface area contributed by atoms with Gasteiger partial charge in [0, 0.05) is 9.77 Å². The molecule has 0 radical (unpaired) electrons. The standard InChI is InChI=1S/C29H52O2S2.Na/c1-3-5-7-9-11-13-15-17-19-21-23-29(27(32)26(25-30)33-28(29)31)24-22-20-18-16-14-12-10-8-6-4-2;/h25,30H,3-24H2,1-2H3;/q;+1/p-1. The first-order chi connectivity index (χ1) is 16.1. The predicted molar refractivity (Wildman–Crippen MR) is 149 cm³/mol. The summed E-state index contributed by atoms with van der Waals surface area (Å²) >= 11 is 6.79. The van der Waals surface area contributed by atoms with Crippen LogP contribution in [0.2, 0.25) is 0 Å². The molecule has 0 unspecified atom stereocenters. The number of hydrogen-bond donors (Lipinski definition) is 0. The van der Waals surface area contributed by atoms with Crippen molar-refractivity contribution >= 4 is 34.0 Å². The van der Waals surface area contributed by atoms with E-state index in [1.165, 1.54) is 116 Å². The summed E-state index contributed by atoms with van der Waals surface area (Å²) in [7, 11) is 0. The number of allylic oxidation sites excluding steroid dienone is 1. The Morgan fingerprint density at radius 1 is 0.676 bits per heavy atom. The Labute approximate surface area is 243 Å². The molecule has 0 aromatic rings. The molecule has 1 aliphatic rings. The van der Waals surface area contributed by atoms with E-state index in [1.807, 2.05) is 0 Å². The minimum Gasteiger partial charge on any atom is -0.877 e. The van der Waals surface area contributed by atoms with Crippen molar-refractivity contribution in [3.63, 3.8) is 0 Å². The summed E-state index contributed by atoms with van der Waals surface area (Å²) in [5.74, 6) is 0. The molecule has 0 aliphatic carbocycles. The number of unbranched alkanes of at least 4 members (excludes halogenated alkanes) is 18. The first-order valence-corrected chi connectivity index (χ1v) is 15.4. The van der Waals surface area contributed by atoms with Gasteiger partial charge in [-0.2, -0.15) is 0 Å². The van der Waals surface area contributed by atoms with E-state index < -0.39 is 5.41 Å². The maximum Gasteiger partial charge on any atom is 1.00 e. The van der Waals surface area contributed by atoms with E-state index in [-0.39, 0.29) is 34.7 Å². The first-order valence-electron chi connectivity index (χ1n) is 14.2. The van der Waals surface area contributed by atoms with E-state index in [0.29, 0.717) is 9.77 Å². The molecule has 0 bridgehead atoms. The molecule has 0 aromatic carbocycles. The van der Waals surface area contributed by atoms with Crippen molar-refractivity contribution < 1.29 is 39.5 Å². The molecule has 0 saturated carbocycles. The summed E-state index contributed by atoms with van der Waals surface area (Å²) in [6.45, 7) is 4.52. The molecule has 1 heterocycles. The maximum absolute atomic E-state index is 13.0. The maximum atomic E-state index is 13.0. The molecule has 1 fully saturated rings. The smallest absolute Gasteiger partial charge is 0.877 e. The van der Waals surface area contributed by atoms with Crippen LogP contribution in [-0.4, -0.2) is 9.98 Å². The summed E-state index contributed by atoms with van der Waals surface area (Å²) in [5.41, 5.74) is -0.545. The SMILES string of the molecule is CCCCCCCCCCCCC1(CCCCCCCCCCCC)C(=O)SC(=C[O-])C1=S.[Na+]. The van der Waals surface area contributed by atoms with Crippen LogP contribution in [-0.2, 0) is 4.79 Å². The fraction of sp³-hybridized carbons (Fsp3) is 0.862. The van der Waals surface area contributed by atoms with Crippen molar-refractivity contribution in [3.05, 3.63) is 11.2 Å². The van der Waals surface area contributed by atoms with Gasteiger partial charge < -0.3 is 5.11 Å². The molecule has 1 aliphatic heterocycles. The second-order valence-corrected chi connectivity index (χ2v) is 11.6. The molecule has 192 valence electrons. The Kier molecular flexibility index (Phi) is 23.3. The molecule has 0 spiro atoms. The van der Waals surface area contributed by atoms with Gasteiger partial charge in [0.25, 0.3) is 0 Å². The average molecular weight is 519 g/mol. The number of hydrogen-bond acceptors (Lipinski definition) is 4. The number of thiocarbonyl (C=S) groups is 1. The third-order valence-electron chi connectivity index (χ3n) is 7.27. The second-order valence-electron chi connectivity index (χ2n) is 10.1. The molecule has 2 nitrogen and oxygen atoms in total. The largest absolute Gasteiger partial charge is 1.00 e. The van der Waals surface area contributed by atoms with Gasteiger partial charge in [0.15, 0.2) is 0 Å². The quantitative estimate of drug-likeness (QED) is 0.0543.